The molecule has 1 aromatic rings. The molecule has 0 radical (unpaired) electrons. The first-order valence-corrected chi connectivity index (χ1v) is 6.80. The lowest BCUT2D eigenvalue weighted by atomic mass is 9.80. The third-order valence-electron chi connectivity index (χ3n) is 3.33. The van der Waals surface area contributed by atoms with Gasteiger partial charge in [0, 0.05) is 0 Å². The summed E-state index contributed by atoms with van der Waals surface area (Å²) in [6.45, 7) is 12.6. The van der Waals surface area contributed by atoms with Gasteiger partial charge in [0.1, 0.15) is 5.82 Å². The van der Waals surface area contributed by atoms with Gasteiger partial charge in [-0.3, -0.25) is 0 Å². The molecular formula is C16H26FN. The molecule has 0 bridgehead atoms. The Bertz CT molecular complexity index is 383. The van der Waals surface area contributed by atoms with E-state index in [2.05, 4.69) is 33.0 Å². The van der Waals surface area contributed by atoms with Crippen LogP contribution in [0.1, 0.15) is 45.2 Å². The van der Waals surface area contributed by atoms with Crippen LogP contribution < -0.4 is 5.32 Å². The molecule has 0 aromatic heterocycles. The fourth-order valence-electron chi connectivity index (χ4n) is 2.08. The second-order valence-corrected chi connectivity index (χ2v) is 6.22. The number of aryl methyl sites for hydroxylation is 1. The van der Waals surface area contributed by atoms with Gasteiger partial charge in [-0.25, -0.2) is 4.39 Å². The number of rotatable bonds is 6. The molecule has 102 valence electrons. The maximum Gasteiger partial charge on any atom is 0.126 e. The third-order valence-corrected chi connectivity index (χ3v) is 3.33. The van der Waals surface area contributed by atoms with Crippen LogP contribution in [0.3, 0.4) is 0 Å². The predicted molar refractivity (Wildman–Crippen MR) is 76.5 cm³/mol. The van der Waals surface area contributed by atoms with Gasteiger partial charge in [0.2, 0.25) is 0 Å². The maximum atomic E-state index is 13.9. The molecule has 0 aliphatic heterocycles. The first kappa shape index (κ1) is 15.2. The van der Waals surface area contributed by atoms with Gasteiger partial charge in [0.25, 0.3) is 0 Å². The van der Waals surface area contributed by atoms with Crippen molar-refractivity contribution in [3.8, 4) is 0 Å². The number of hydrogen-bond donors (Lipinski definition) is 1. The van der Waals surface area contributed by atoms with Crippen molar-refractivity contribution in [3.63, 3.8) is 0 Å². The van der Waals surface area contributed by atoms with Crippen LogP contribution in [0.4, 0.5) is 4.39 Å². The molecule has 1 N–H and O–H groups in total. The van der Waals surface area contributed by atoms with Crippen molar-refractivity contribution < 1.29 is 4.39 Å². The number of halogens is 1. The summed E-state index contributed by atoms with van der Waals surface area (Å²) in [5, 5.41) is 3.42. The van der Waals surface area contributed by atoms with Crippen LogP contribution in [0, 0.1) is 18.7 Å². The van der Waals surface area contributed by atoms with E-state index < -0.39 is 0 Å². The summed E-state index contributed by atoms with van der Waals surface area (Å²) in [4.78, 5) is 0. The van der Waals surface area contributed by atoms with Gasteiger partial charge in [-0.1, -0.05) is 45.4 Å². The minimum absolute atomic E-state index is 0.0885. The van der Waals surface area contributed by atoms with Gasteiger partial charge in [-0.15, -0.1) is 0 Å². The summed E-state index contributed by atoms with van der Waals surface area (Å²) in [6, 6.07) is 5.37. The smallest absolute Gasteiger partial charge is 0.126 e. The lowest BCUT2D eigenvalue weighted by molar-refractivity contribution is 0.424. The predicted octanol–water partition coefficient (Wildman–Crippen LogP) is 4.05. The Kier molecular flexibility index (Phi) is 5.33. The van der Waals surface area contributed by atoms with Crippen LogP contribution in [0.5, 0.6) is 0 Å². The number of nitrogens with one attached hydrogen (secondary N) is 1. The van der Waals surface area contributed by atoms with Gasteiger partial charge >= 0.3 is 0 Å². The lowest BCUT2D eigenvalue weighted by Gasteiger charge is -2.26. The summed E-state index contributed by atoms with van der Waals surface area (Å²) >= 11 is 0. The Hall–Kier alpha value is -0.890. The summed E-state index contributed by atoms with van der Waals surface area (Å²) in [6.07, 6.45) is 0.945. The molecule has 0 saturated carbocycles. The van der Waals surface area contributed by atoms with E-state index in [0.29, 0.717) is 5.92 Å². The van der Waals surface area contributed by atoms with E-state index in [1.165, 1.54) is 0 Å². The van der Waals surface area contributed by atoms with Crippen LogP contribution in [-0.2, 0) is 5.41 Å². The van der Waals surface area contributed by atoms with Crippen LogP contribution in [0.25, 0.3) is 0 Å². The zero-order valence-electron chi connectivity index (χ0n) is 12.3. The SMILES string of the molecule is Cc1ccc(F)c(C(C)(C)CCNCC(C)C)c1. The third kappa shape index (κ3) is 4.41. The molecular weight excluding hydrogens is 225 g/mol. The zero-order valence-corrected chi connectivity index (χ0v) is 12.3. The van der Waals surface area contributed by atoms with Crippen molar-refractivity contribution in [2.75, 3.05) is 13.1 Å². The van der Waals surface area contributed by atoms with E-state index in [0.717, 1.165) is 30.6 Å². The van der Waals surface area contributed by atoms with Crippen molar-refractivity contribution in [1.82, 2.24) is 5.32 Å². The molecule has 1 nitrogen and oxygen atoms in total. The molecule has 0 aliphatic rings. The van der Waals surface area contributed by atoms with E-state index in [-0.39, 0.29) is 11.2 Å². The van der Waals surface area contributed by atoms with E-state index in [1.807, 2.05) is 19.1 Å². The average Bonchev–Trinajstić information content (AvgIpc) is 2.27. The van der Waals surface area contributed by atoms with Crippen LogP contribution >= 0.6 is 0 Å². The number of benzene rings is 1. The molecule has 2 heteroatoms. The minimum atomic E-state index is -0.125. The van der Waals surface area contributed by atoms with Gasteiger partial charge in [-0.2, -0.15) is 0 Å². The minimum Gasteiger partial charge on any atom is -0.316 e. The van der Waals surface area contributed by atoms with E-state index >= 15 is 0 Å². The Morgan fingerprint density at radius 3 is 2.56 bits per heavy atom. The molecule has 0 fully saturated rings. The molecule has 1 aromatic carbocycles. The van der Waals surface area contributed by atoms with E-state index in [9.17, 15) is 4.39 Å². The summed E-state index contributed by atoms with van der Waals surface area (Å²) in [5.74, 6) is 0.568. The van der Waals surface area contributed by atoms with Crippen LogP contribution in [0.15, 0.2) is 18.2 Å². The Labute approximate surface area is 111 Å². The highest BCUT2D eigenvalue weighted by atomic mass is 19.1. The monoisotopic (exact) mass is 251 g/mol. The van der Waals surface area contributed by atoms with Crippen molar-refractivity contribution >= 4 is 0 Å². The summed E-state index contributed by atoms with van der Waals surface area (Å²) < 4.78 is 13.9. The van der Waals surface area contributed by atoms with Gasteiger partial charge in [0.15, 0.2) is 0 Å². The highest BCUT2D eigenvalue weighted by Gasteiger charge is 2.23. The molecule has 0 saturated heterocycles. The van der Waals surface area contributed by atoms with Gasteiger partial charge < -0.3 is 5.32 Å². The Morgan fingerprint density at radius 2 is 1.94 bits per heavy atom. The molecule has 0 aliphatic carbocycles. The molecule has 0 spiro atoms. The Balaban J connectivity index is 2.64. The topological polar surface area (TPSA) is 12.0 Å². The van der Waals surface area contributed by atoms with Gasteiger partial charge in [0.05, 0.1) is 0 Å². The first-order valence-electron chi connectivity index (χ1n) is 6.80. The van der Waals surface area contributed by atoms with Crippen molar-refractivity contribution in [1.29, 1.82) is 0 Å². The first-order chi connectivity index (χ1) is 8.33. The second-order valence-electron chi connectivity index (χ2n) is 6.22. The highest BCUT2D eigenvalue weighted by molar-refractivity contribution is 5.30. The molecule has 18 heavy (non-hydrogen) atoms. The van der Waals surface area contributed by atoms with Crippen molar-refractivity contribution in [2.45, 2.75) is 46.5 Å². The van der Waals surface area contributed by atoms with Crippen molar-refractivity contribution in [2.24, 2.45) is 5.92 Å². The summed E-state index contributed by atoms with van der Waals surface area (Å²) in [5.41, 5.74) is 1.82. The van der Waals surface area contributed by atoms with Crippen LogP contribution in [-0.4, -0.2) is 13.1 Å². The maximum absolute atomic E-state index is 13.9. The summed E-state index contributed by atoms with van der Waals surface area (Å²) in [7, 11) is 0. The lowest BCUT2D eigenvalue weighted by Crippen LogP contribution is -2.28. The highest BCUT2D eigenvalue weighted by Crippen LogP contribution is 2.29. The van der Waals surface area contributed by atoms with Crippen LogP contribution in [0.2, 0.25) is 0 Å². The van der Waals surface area contributed by atoms with Gasteiger partial charge in [-0.05, 0) is 49.4 Å². The average molecular weight is 251 g/mol. The standard InChI is InChI=1S/C16H26FN/c1-12(2)11-18-9-8-16(4,5)14-10-13(3)6-7-15(14)17/h6-7,10,12,18H,8-9,11H2,1-5H3. The van der Waals surface area contributed by atoms with E-state index in [4.69, 9.17) is 0 Å². The molecule has 0 heterocycles. The molecule has 0 unspecified atom stereocenters. The number of hydrogen-bond acceptors (Lipinski definition) is 1. The second kappa shape index (κ2) is 6.33. The molecule has 1 rings (SSSR count). The molecule has 0 atom stereocenters. The Morgan fingerprint density at radius 1 is 1.28 bits per heavy atom. The normalized spacial score (nSPS) is 12.2. The zero-order chi connectivity index (χ0) is 13.8. The quantitative estimate of drug-likeness (QED) is 0.752. The molecule has 0 amide bonds. The fraction of sp³-hybridized carbons (Fsp3) is 0.625. The largest absolute Gasteiger partial charge is 0.316 e. The van der Waals surface area contributed by atoms with E-state index in [1.54, 1.807) is 6.07 Å². The fourth-order valence-corrected chi connectivity index (χ4v) is 2.08. The van der Waals surface area contributed by atoms with Crippen molar-refractivity contribution in [3.05, 3.63) is 35.1 Å².